The van der Waals surface area contributed by atoms with Crippen molar-refractivity contribution in [1.82, 2.24) is 0 Å². The molecule has 1 aliphatic rings. The Morgan fingerprint density at radius 2 is 1.67 bits per heavy atom. The molecule has 2 nitrogen and oxygen atoms in total. The van der Waals surface area contributed by atoms with E-state index >= 15 is 0 Å². The van der Waals surface area contributed by atoms with Crippen LogP contribution in [0.15, 0.2) is 0 Å². The normalized spacial score (nSPS) is 16.3. The molecule has 1 rings (SSSR count). The number of aldehydes is 1. The average Bonchev–Trinajstić information content (AvgIpc) is 2.20. The topological polar surface area (TPSA) is 34.1 Å². The summed E-state index contributed by atoms with van der Waals surface area (Å²) in [6.45, 7) is 1.44. The zero-order chi connectivity index (χ0) is 7.11. The van der Waals surface area contributed by atoms with Gasteiger partial charge in [-0.2, -0.15) is 0 Å². The molecule has 9 heavy (non-hydrogen) atoms. The van der Waals surface area contributed by atoms with Gasteiger partial charge in [0.05, 0.1) is 0 Å². The molecule has 0 atom stereocenters. The van der Waals surface area contributed by atoms with Crippen molar-refractivity contribution in [2.45, 2.75) is 32.6 Å². The minimum Gasteiger partial charge on any atom is -0.304 e. The molecule has 0 aromatic carbocycles. The van der Waals surface area contributed by atoms with Crippen LogP contribution in [0.25, 0.3) is 0 Å². The summed E-state index contributed by atoms with van der Waals surface area (Å²) in [6, 6.07) is 0. The maximum Gasteiger partial charge on any atom is 0.132 e. The second-order valence-corrected chi connectivity index (χ2v) is 1.98. The van der Waals surface area contributed by atoms with E-state index in [0.717, 1.165) is 32.0 Å². The molecule has 0 unspecified atom stereocenters. The summed E-state index contributed by atoms with van der Waals surface area (Å²) in [5, 5.41) is 0. The van der Waals surface area contributed by atoms with Crippen molar-refractivity contribution >= 4 is 12.1 Å². The molecule has 0 bridgehead atoms. The average molecular weight is 128 g/mol. The monoisotopic (exact) mass is 128 g/mol. The molecule has 0 heterocycles. The summed E-state index contributed by atoms with van der Waals surface area (Å²) in [5.74, 6) is 0.454. The van der Waals surface area contributed by atoms with E-state index in [9.17, 15) is 4.79 Å². The van der Waals surface area contributed by atoms with E-state index < -0.39 is 0 Å². The lowest BCUT2D eigenvalue weighted by Crippen LogP contribution is -1.81. The highest BCUT2D eigenvalue weighted by molar-refractivity contribution is 5.79. The summed E-state index contributed by atoms with van der Waals surface area (Å²) >= 11 is 0. The predicted octanol–water partition coefficient (Wildman–Crippen LogP) is 1.33. The Labute approximate surface area is 55.3 Å². The summed E-state index contributed by atoms with van der Waals surface area (Å²) in [4.78, 5) is 19.0. The fourth-order valence-corrected chi connectivity index (χ4v) is 0.769. The third-order valence-corrected chi connectivity index (χ3v) is 1.16. The van der Waals surface area contributed by atoms with Crippen LogP contribution >= 0.6 is 0 Å². The van der Waals surface area contributed by atoms with Crippen LogP contribution in [0, 0.1) is 0 Å². The number of hydrogen-bond donors (Lipinski definition) is 0. The van der Waals surface area contributed by atoms with Crippen LogP contribution in [0.3, 0.4) is 0 Å². The van der Waals surface area contributed by atoms with E-state index in [1.54, 1.807) is 0 Å². The maximum atomic E-state index is 10.2. The molecular formula is C7H12O2. The van der Waals surface area contributed by atoms with Crippen molar-refractivity contribution in [2.75, 3.05) is 0 Å². The fraction of sp³-hybridized carbons (Fsp3) is 0.714. The minimum atomic E-state index is 0.454. The third kappa shape index (κ3) is 5.21. The fourth-order valence-electron chi connectivity index (χ4n) is 0.769. The maximum absolute atomic E-state index is 10.2. The molecule has 2 heteroatoms. The SMILES string of the molecule is CC=O.O=C1CCCC1. The van der Waals surface area contributed by atoms with Gasteiger partial charge in [0.2, 0.25) is 0 Å². The van der Waals surface area contributed by atoms with E-state index in [-0.39, 0.29) is 0 Å². The molecule has 1 fully saturated rings. The smallest absolute Gasteiger partial charge is 0.132 e. The second-order valence-electron chi connectivity index (χ2n) is 1.98. The zero-order valence-electron chi connectivity index (χ0n) is 5.72. The Morgan fingerprint density at radius 1 is 1.33 bits per heavy atom. The quantitative estimate of drug-likeness (QED) is 0.461. The van der Waals surface area contributed by atoms with Crippen molar-refractivity contribution in [2.24, 2.45) is 0 Å². The predicted molar refractivity (Wildman–Crippen MR) is 35.2 cm³/mol. The lowest BCUT2D eigenvalue weighted by Gasteiger charge is -1.71. The second kappa shape index (κ2) is 5.48. The van der Waals surface area contributed by atoms with Crippen LogP contribution in [0.2, 0.25) is 0 Å². The molecule has 0 spiro atoms. The van der Waals surface area contributed by atoms with Gasteiger partial charge in [0.15, 0.2) is 0 Å². The minimum absolute atomic E-state index is 0.454. The van der Waals surface area contributed by atoms with E-state index in [1.807, 2.05) is 0 Å². The molecule has 0 radical (unpaired) electrons. The first-order valence-corrected chi connectivity index (χ1v) is 3.22. The van der Waals surface area contributed by atoms with E-state index in [1.165, 1.54) is 6.92 Å². The largest absolute Gasteiger partial charge is 0.304 e. The van der Waals surface area contributed by atoms with Crippen LogP contribution in [-0.2, 0) is 9.59 Å². The van der Waals surface area contributed by atoms with Crippen molar-refractivity contribution in [3.63, 3.8) is 0 Å². The van der Waals surface area contributed by atoms with Crippen molar-refractivity contribution in [1.29, 1.82) is 0 Å². The van der Waals surface area contributed by atoms with Gasteiger partial charge in [0.1, 0.15) is 12.1 Å². The van der Waals surface area contributed by atoms with Gasteiger partial charge < -0.3 is 4.79 Å². The number of ketones is 1. The standard InChI is InChI=1S/C5H8O.C2H4O/c6-5-3-1-2-4-5;1-2-3/h1-4H2;2H,1H3. The Morgan fingerprint density at radius 3 is 1.78 bits per heavy atom. The molecule has 52 valence electrons. The molecule has 0 saturated heterocycles. The Hall–Kier alpha value is -0.660. The van der Waals surface area contributed by atoms with Gasteiger partial charge in [0, 0.05) is 12.8 Å². The van der Waals surface area contributed by atoms with Gasteiger partial charge >= 0.3 is 0 Å². The van der Waals surface area contributed by atoms with Gasteiger partial charge in [-0.05, 0) is 19.8 Å². The number of carbonyl (C=O) groups excluding carboxylic acids is 2. The number of rotatable bonds is 0. The van der Waals surface area contributed by atoms with Gasteiger partial charge in [-0.1, -0.05) is 0 Å². The van der Waals surface area contributed by atoms with Crippen molar-refractivity contribution < 1.29 is 9.59 Å². The summed E-state index contributed by atoms with van der Waals surface area (Å²) in [5.41, 5.74) is 0. The first-order valence-electron chi connectivity index (χ1n) is 3.22. The van der Waals surface area contributed by atoms with Crippen LogP contribution in [0.4, 0.5) is 0 Å². The van der Waals surface area contributed by atoms with Gasteiger partial charge in [-0.15, -0.1) is 0 Å². The number of hydrogen-bond acceptors (Lipinski definition) is 2. The van der Waals surface area contributed by atoms with Crippen LogP contribution in [0.1, 0.15) is 32.6 Å². The van der Waals surface area contributed by atoms with E-state index in [0.29, 0.717) is 5.78 Å². The highest BCUT2D eigenvalue weighted by atomic mass is 16.1. The van der Waals surface area contributed by atoms with Crippen LogP contribution < -0.4 is 0 Å². The van der Waals surface area contributed by atoms with Gasteiger partial charge in [0.25, 0.3) is 0 Å². The first kappa shape index (κ1) is 8.34. The number of Topliss-reactive ketones (excluding diaryl/α,β-unsaturated/α-hetero) is 1. The molecule has 0 amide bonds. The Balaban J connectivity index is 0.000000187. The summed E-state index contributed by atoms with van der Waals surface area (Å²) in [7, 11) is 0. The molecule has 1 saturated carbocycles. The molecule has 0 N–H and O–H groups in total. The number of carbonyl (C=O) groups is 2. The summed E-state index contributed by atoms with van der Waals surface area (Å²) < 4.78 is 0. The van der Waals surface area contributed by atoms with Crippen molar-refractivity contribution in [3.05, 3.63) is 0 Å². The van der Waals surface area contributed by atoms with Crippen molar-refractivity contribution in [3.8, 4) is 0 Å². The molecule has 1 aliphatic carbocycles. The highest BCUT2D eigenvalue weighted by Gasteiger charge is 2.07. The lowest BCUT2D eigenvalue weighted by atomic mass is 10.4. The molecule has 0 aromatic heterocycles. The first-order chi connectivity index (χ1) is 4.31. The molecule has 0 aromatic rings. The Kier molecular flexibility index (Phi) is 5.07. The zero-order valence-corrected chi connectivity index (χ0v) is 5.72. The van der Waals surface area contributed by atoms with E-state index in [2.05, 4.69) is 0 Å². The molecular weight excluding hydrogens is 116 g/mol. The highest BCUT2D eigenvalue weighted by Crippen LogP contribution is 2.11. The van der Waals surface area contributed by atoms with Crippen LogP contribution in [0.5, 0.6) is 0 Å². The third-order valence-electron chi connectivity index (χ3n) is 1.16. The lowest BCUT2D eigenvalue weighted by molar-refractivity contribution is -0.117. The van der Waals surface area contributed by atoms with Gasteiger partial charge in [-0.25, -0.2) is 0 Å². The Bertz CT molecular complexity index is 89.1. The van der Waals surface area contributed by atoms with Crippen LogP contribution in [-0.4, -0.2) is 12.1 Å². The molecule has 0 aliphatic heterocycles. The van der Waals surface area contributed by atoms with Gasteiger partial charge in [-0.3, -0.25) is 4.79 Å². The summed E-state index contributed by atoms with van der Waals surface area (Å²) in [6.07, 6.45) is 4.72. The van der Waals surface area contributed by atoms with E-state index in [4.69, 9.17) is 4.79 Å².